The second-order valence-corrected chi connectivity index (χ2v) is 2.27. The zero-order chi connectivity index (χ0) is 6.97. The molecule has 2 heterocycles. The van der Waals surface area contributed by atoms with Crippen LogP contribution in [-0.4, -0.2) is 6.61 Å². The molecule has 0 radical (unpaired) electrons. The molecule has 52 valence electrons. The highest BCUT2D eigenvalue weighted by Crippen LogP contribution is 2.26. The van der Waals surface area contributed by atoms with Crippen molar-refractivity contribution >= 4 is 0 Å². The highest BCUT2D eigenvalue weighted by atomic mass is 16.6. The van der Waals surface area contributed by atoms with Crippen molar-refractivity contribution in [1.29, 1.82) is 0 Å². The van der Waals surface area contributed by atoms with Gasteiger partial charge in [-0.25, -0.2) is 0 Å². The van der Waals surface area contributed by atoms with Crippen LogP contribution in [0.5, 0.6) is 0 Å². The van der Waals surface area contributed by atoms with E-state index >= 15 is 0 Å². The van der Waals surface area contributed by atoms with Gasteiger partial charge in [-0.15, -0.1) is 0 Å². The summed E-state index contributed by atoms with van der Waals surface area (Å²) in [5.74, 6) is 0. The molecule has 3 nitrogen and oxygen atoms in total. The Morgan fingerprint density at radius 3 is 3.00 bits per heavy atom. The summed E-state index contributed by atoms with van der Waals surface area (Å²) in [5, 5.41) is 10.9. The lowest BCUT2D eigenvalue weighted by Crippen LogP contribution is -2.30. The Hall–Kier alpha value is -1.09. The molecule has 3 heteroatoms. The third-order valence-electron chi connectivity index (χ3n) is 1.52. The van der Waals surface area contributed by atoms with Crippen molar-refractivity contribution in [2.45, 2.75) is 6.10 Å². The largest absolute Gasteiger partial charge is 0.618 e. The molecular weight excluding hydrogens is 130 g/mol. The Balaban J connectivity index is 2.39. The molecule has 10 heavy (non-hydrogen) atoms. The van der Waals surface area contributed by atoms with Gasteiger partial charge in [-0.2, -0.15) is 4.73 Å². The summed E-state index contributed by atoms with van der Waals surface area (Å²) in [4.78, 5) is 0. The predicted octanol–water partition coefficient (Wildman–Crippen LogP) is 0.391. The molecule has 0 saturated carbocycles. The molecule has 1 aromatic heterocycles. The summed E-state index contributed by atoms with van der Waals surface area (Å²) < 4.78 is 5.80. The molecule has 1 aliphatic heterocycles. The van der Waals surface area contributed by atoms with E-state index in [-0.39, 0.29) is 6.10 Å². The summed E-state index contributed by atoms with van der Waals surface area (Å²) in [7, 11) is 0. The molecule has 0 N–H and O–H groups in total. The lowest BCUT2D eigenvalue weighted by molar-refractivity contribution is -0.615. The molecule has 0 spiro atoms. The second-order valence-electron chi connectivity index (χ2n) is 2.27. The monoisotopic (exact) mass is 137 g/mol. The van der Waals surface area contributed by atoms with E-state index in [9.17, 15) is 5.21 Å². The van der Waals surface area contributed by atoms with Crippen LogP contribution in [0.4, 0.5) is 0 Å². The number of hydrogen-bond acceptors (Lipinski definition) is 2. The van der Waals surface area contributed by atoms with Gasteiger partial charge in [0.05, 0.1) is 6.61 Å². The maximum Gasteiger partial charge on any atom is 0.224 e. The molecule has 0 aromatic carbocycles. The average molecular weight is 137 g/mol. The van der Waals surface area contributed by atoms with Crippen LogP contribution in [0.3, 0.4) is 0 Å². The molecule has 2 rings (SSSR count). The van der Waals surface area contributed by atoms with Crippen molar-refractivity contribution in [2.75, 3.05) is 6.61 Å². The highest BCUT2D eigenvalue weighted by Gasteiger charge is 2.31. The normalized spacial score (nSPS) is 22.6. The van der Waals surface area contributed by atoms with Crippen molar-refractivity contribution in [2.24, 2.45) is 0 Å². The zero-order valence-electron chi connectivity index (χ0n) is 5.36. The number of aromatic nitrogens is 1. The molecule has 1 fully saturated rings. The van der Waals surface area contributed by atoms with Gasteiger partial charge in [0.2, 0.25) is 5.69 Å². The number of epoxide rings is 1. The van der Waals surface area contributed by atoms with Crippen LogP contribution in [0.2, 0.25) is 0 Å². The van der Waals surface area contributed by atoms with E-state index in [1.807, 2.05) is 6.07 Å². The Labute approximate surface area is 58.4 Å². The van der Waals surface area contributed by atoms with Gasteiger partial charge in [0.15, 0.2) is 12.3 Å². The minimum atomic E-state index is 0.0544. The lowest BCUT2D eigenvalue weighted by atomic mass is 10.3. The van der Waals surface area contributed by atoms with Crippen LogP contribution >= 0.6 is 0 Å². The number of rotatable bonds is 1. The first-order valence-electron chi connectivity index (χ1n) is 3.17. The summed E-state index contributed by atoms with van der Waals surface area (Å²) in [6.45, 7) is 0.687. The van der Waals surface area contributed by atoms with E-state index < -0.39 is 0 Å². The van der Waals surface area contributed by atoms with Crippen molar-refractivity contribution in [1.82, 2.24) is 0 Å². The average Bonchev–Trinajstić information content (AvgIpc) is 2.71. The van der Waals surface area contributed by atoms with Crippen LogP contribution in [0, 0.1) is 5.21 Å². The van der Waals surface area contributed by atoms with Gasteiger partial charge in [-0.05, 0) is 6.07 Å². The Kier molecular flexibility index (Phi) is 1.11. The number of pyridine rings is 1. The third-order valence-corrected chi connectivity index (χ3v) is 1.52. The second kappa shape index (κ2) is 1.95. The van der Waals surface area contributed by atoms with Crippen molar-refractivity contribution in [3.05, 3.63) is 35.3 Å². The minimum Gasteiger partial charge on any atom is -0.618 e. The van der Waals surface area contributed by atoms with Crippen LogP contribution in [-0.2, 0) is 4.74 Å². The zero-order valence-corrected chi connectivity index (χ0v) is 5.36. The van der Waals surface area contributed by atoms with Crippen molar-refractivity contribution in [3.8, 4) is 0 Å². The minimum absolute atomic E-state index is 0.0544. The number of ether oxygens (including phenoxy) is 1. The smallest absolute Gasteiger partial charge is 0.224 e. The van der Waals surface area contributed by atoms with E-state index in [0.717, 1.165) is 4.73 Å². The summed E-state index contributed by atoms with van der Waals surface area (Å²) in [6, 6.07) is 5.33. The molecule has 1 aromatic rings. The van der Waals surface area contributed by atoms with Gasteiger partial charge in [-0.3, -0.25) is 0 Å². The quantitative estimate of drug-likeness (QED) is 0.319. The topological polar surface area (TPSA) is 39.5 Å². The molecular formula is C7H7NO2. The predicted molar refractivity (Wildman–Crippen MR) is 34.1 cm³/mol. The van der Waals surface area contributed by atoms with Gasteiger partial charge in [-0.1, -0.05) is 0 Å². The lowest BCUT2D eigenvalue weighted by Gasteiger charge is -1.98. The molecule has 0 amide bonds. The maximum absolute atomic E-state index is 10.9. The van der Waals surface area contributed by atoms with E-state index in [1.54, 1.807) is 12.1 Å². The van der Waals surface area contributed by atoms with Gasteiger partial charge >= 0.3 is 0 Å². The third kappa shape index (κ3) is 0.844. The van der Waals surface area contributed by atoms with Crippen molar-refractivity contribution < 1.29 is 9.47 Å². The first kappa shape index (κ1) is 5.68. The molecule has 0 bridgehead atoms. The maximum atomic E-state index is 10.9. The Bertz CT molecular complexity index is 245. The first-order chi connectivity index (χ1) is 4.88. The van der Waals surface area contributed by atoms with Gasteiger partial charge in [0, 0.05) is 12.1 Å². The fraction of sp³-hybridized carbons (Fsp3) is 0.286. The van der Waals surface area contributed by atoms with E-state index in [2.05, 4.69) is 0 Å². The number of hydrogen-bond donors (Lipinski definition) is 0. The van der Waals surface area contributed by atoms with Gasteiger partial charge < -0.3 is 9.94 Å². The van der Waals surface area contributed by atoms with E-state index in [4.69, 9.17) is 4.74 Å². The van der Waals surface area contributed by atoms with Crippen LogP contribution in [0.15, 0.2) is 24.4 Å². The van der Waals surface area contributed by atoms with E-state index in [1.165, 1.54) is 6.20 Å². The highest BCUT2D eigenvalue weighted by molar-refractivity contribution is 5.04. The Morgan fingerprint density at radius 1 is 1.60 bits per heavy atom. The molecule has 1 saturated heterocycles. The van der Waals surface area contributed by atoms with Crippen LogP contribution in [0.25, 0.3) is 0 Å². The molecule has 1 atom stereocenters. The summed E-state index contributed by atoms with van der Waals surface area (Å²) >= 11 is 0. The van der Waals surface area contributed by atoms with Crippen LogP contribution in [0.1, 0.15) is 11.8 Å². The molecule has 1 aliphatic rings. The molecule has 1 unspecified atom stereocenters. The summed E-state index contributed by atoms with van der Waals surface area (Å²) in [6.07, 6.45) is 1.54. The van der Waals surface area contributed by atoms with Crippen LogP contribution < -0.4 is 4.73 Å². The Morgan fingerprint density at radius 2 is 2.40 bits per heavy atom. The first-order valence-corrected chi connectivity index (χ1v) is 3.17. The number of nitrogens with zero attached hydrogens (tertiary/aromatic N) is 1. The van der Waals surface area contributed by atoms with Gasteiger partial charge in [0.25, 0.3) is 0 Å². The SMILES string of the molecule is [O-][n+]1ccccc1C1CO1. The van der Waals surface area contributed by atoms with Gasteiger partial charge in [0.1, 0.15) is 0 Å². The fourth-order valence-electron chi connectivity index (χ4n) is 0.910. The standard InChI is InChI=1S/C7H7NO2/c9-8-4-2-1-3-6(8)7-5-10-7/h1-4,7H,5H2. The molecule has 0 aliphatic carbocycles. The summed E-state index contributed by atoms with van der Waals surface area (Å²) in [5.41, 5.74) is 0.711. The van der Waals surface area contributed by atoms with Crippen molar-refractivity contribution in [3.63, 3.8) is 0 Å². The van der Waals surface area contributed by atoms with E-state index in [0.29, 0.717) is 12.3 Å². The fourth-order valence-corrected chi connectivity index (χ4v) is 0.910.